The van der Waals surface area contributed by atoms with Gasteiger partial charge in [0, 0.05) is 17.8 Å². The van der Waals surface area contributed by atoms with Gasteiger partial charge in [-0.15, -0.1) is 0 Å². The summed E-state index contributed by atoms with van der Waals surface area (Å²) in [6.07, 6.45) is -0.237. The Morgan fingerprint density at radius 3 is 2.53 bits per heavy atom. The van der Waals surface area contributed by atoms with Crippen molar-refractivity contribution in [3.63, 3.8) is 0 Å². The van der Waals surface area contributed by atoms with E-state index in [1.165, 1.54) is 0 Å². The summed E-state index contributed by atoms with van der Waals surface area (Å²) in [5.41, 5.74) is -0.405. The molecule has 1 saturated carbocycles. The Kier molecular flexibility index (Phi) is 2.11. The van der Waals surface area contributed by atoms with E-state index < -0.39 is 29.1 Å². The molecule has 86 valence electrons. The van der Waals surface area contributed by atoms with Gasteiger partial charge in [0.15, 0.2) is 0 Å². The molecular weight excluding hydrogens is 202 g/mol. The Balaban J connectivity index is 2.32. The van der Waals surface area contributed by atoms with Crippen LogP contribution in [0.3, 0.4) is 0 Å². The van der Waals surface area contributed by atoms with Crippen molar-refractivity contribution in [3.8, 4) is 0 Å². The van der Waals surface area contributed by atoms with Gasteiger partial charge in [-0.3, -0.25) is 4.79 Å². The highest BCUT2D eigenvalue weighted by molar-refractivity contribution is 5.76. The summed E-state index contributed by atoms with van der Waals surface area (Å²) in [5.74, 6) is -4.47. The molecule has 4 heteroatoms. The molecule has 1 aliphatic carbocycles. The van der Waals surface area contributed by atoms with Gasteiger partial charge in [-0.25, -0.2) is 8.78 Å². The fraction of sp³-hybridized carbons (Fsp3) is 0.909. The molecule has 15 heavy (non-hydrogen) atoms. The fourth-order valence-electron chi connectivity index (χ4n) is 2.85. The molecule has 0 aromatic heterocycles. The van der Waals surface area contributed by atoms with E-state index in [9.17, 15) is 13.6 Å². The van der Waals surface area contributed by atoms with Crippen LogP contribution in [-0.4, -0.2) is 18.0 Å². The molecule has 4 atom stereocenters. The molecule has 2 fully saturated rings. The van der Waals surface area contributed by atoms with Gasteiger partial charge in [-0.2, -0.15) is 0 Å². The second-order valence-electron chi connectivity index (χ2n) is 5.21. The normalized spacial score (nSPS) is 48.6. The molecule has 0 bridgehead atoms. The molecule has 4 unspecified atom stereocenters. The van der Waals surface area contributed by atoms with Crippen molar-refractivity contribution in [2.24, 2.45) is 17.3 Å². The first-order valence-corrected chi connectivity index (χ1v) is 5.35. The molecule has 0 N–H and O–H groups in total. The number of halogens is 2. The zero-order valence-corrected chi connectivity index (χ0v) is 9.22. The Morgan fingerprint density at radius 1 is 1.33 bits per heavy atom. The largest absolute Gasteiger partial charge is 0.462 e. The third-order valence-corrected chi connectivity index (χ3v) is 4.25. The third kappa shape index (κ3) is 1.37. The Morgan fingerprint density at radius 2 is 1.93 bits per heavy atom. The minimum Gasteiger partial charge on any atom is -0.462 e. The van der Waals surface area contributed by atoms with Crippen LogP contribution in [0.2, 0.25) is 0 Å². The highest BCUT2D eigenvalue weighted by Crippen LogP contribution is 2.56. The number of hydrogen-bond acceptors (Lipinski definition) is 2. The van der Waals surface area contributed by atoms with Crippen molar-refractivity contribution in [1.82, 2.24) is 0 Å². The molecule has 0 radical (unpaired) electrons. The second-order valence-corrected chi connectivity index (χ2v) is 5.21. The summed E-state index contributed by atoms with van der Waals surface area (Å²) in [5, 5.41) is 0. The van der Waals surface area contributed by atoms with E-state index >= 15 is 0 Å². The van der Waals surface area contributed by atoms with Gasteiger partial charge in [0.2, 0.25) is 0 Å². The van der Waals surface area contributed by atoms with Crippen molar-refractivity contribution in [3.05, 3.63) is 0 Å². The lowest BCUT2D eigenvalue weighted by Crippen LogP contribution is -2.46. The lowest BCUT2D eigenvalue weighted by molar-refractivity contribution is -0.152. The van der Waals surface area contributed by atoms with Crippen LogP contribution < -0.4 is 0 Å². The van der Waals surface area contributed by atoms with E-state index in [1.807, 2.05) is 6.92 Å². The number of carbonyl (C=O) groups excluding carboxylic acids is 1. The van der Waals surface area contributed by atoms with E-state index in [1.54, 1.807) is 13.8 Å². The van der Waals surface area contributed by atoms with Crippen LogP contribution in [0.25, 0.3) is 0 Å². The average Bonchev–Trinajstić information content (AvgIpc) is 2.29. The summed E-state index contributed by atoms with van der Waals surface area (Å²) in [4.78, 5) is 11.5. The Labute approximate surface area is 88.0 Å². The van der Waals surface area contributed by atoms with Gasteiger partial charge < -0.3 is 4.74 Å². The lowest BCUT2D eigenvalue weighted by atomic mass is 9.62. The van der Waals surface area contributed by atoms with Crippen molar-refractivity contribution in [2.75, 3.05) is 0 Å². The van der Waals surface area contributed by atoms with Gasteiger partial charge in [-0.1, -0.05) is 13.8 Å². The van der Waals surface area contributed by atoms with E-state index in [0.717, 1.165) is 0 Å². The van der Waals surface area contributed by atoms with Crippen LogP contribution in [0.5, 0.6) is 0 Å². The van der Waals surface area contributed by atoms with E-state index in [-0.39, 0.29) is 12.5 Å². The maximum absolute atomic E-state index is 13.5. The zero-order valence-electron chi connectivity index (χ0n) is 9.22. The van der Waals surface area contributed by atoms with Crippen molar-refractivity contribution in [1.29, 1.82) is 0 Å². The molecule has 0 spiro atoms. The van der Waals surface area contributed by atoms with Crippen molar-refractivity contribution < 1.29 is 18.3 Å². The number of alkyl halides is 2. The SMILES string of the molecule is CC1CC2(C)C(C)OC(=O)C2CC1(F)F. The van der Waals surface area contributed by atoms with Gasteiger partial charge in [-0.05, 0) is 13.3 Å². The molecule has 1 heterocycles. The monoisotopic (exact) mass is 218 g/mol. The number of fused-ring (bicyclic) bond motifs is 1. The predicted molar refractivity (Wildman–Crippen MR) is 50.5 cm³/mol. The van der Waals surface area contributed by atoms with Crippen LogP contribution in [0.4, 0.5) is 8.78 Å². The predicted octanol–water partition coefficient (Wildman–Crippen LogP) is 2.62. The highest BCUT2D eigenvalue weighted by atomic mass is 19.3. The minimum atomic E-state index is -2.73. The number of carbonyl (C=O) groups is 1. The smallest absolute Gasteiger partial charge is 0.310 e. The number of cyclic esters (lactones) is 1. The van der Waals surface area contributed by atoms with Crippen LogP contribution in [0, 0.1) is 17.3 Å². The second kappa shape index (κ2) is 2.92. The summed E-state index contributed by atoms with van der Waals surface area (Å²) in [6.45, 7) is 5.24. The van der Waals surface area contributed by atoms with Gasteiger partial charge in [0.05, 0.1) is 5.92 Å². The van der Waals surface area contributed by atoms with Gasteiger partial charge in [0.1, 0.15) is 6.10 Å². The van der Waals surface area contributed by atoms with Crippen LogP contribution in [0.15, 0.2) is 0 Å². The highest BCUT2D eigenvalue weighted by Gasteiger charge is 2.61. The summed E-state index contributed by atoms with van der Waals surface area (Å²) >= 11 is 0. The summed E-state index contributed by atoms with van der Waals surface area (Å²) < 4.78 is 32.1. The minimum absolute atomic E-state index is 0.242. The van der Waals surface area contributed by atoms with Gasteiger partial charge >= 0.3 is 5.97 Å². The van der Waals surface area contributed by atoms with E-state index in [0.29, 0.717) is 6.42 Å². The third-order valence-electron chi connectivity index (χ3n) is 4.25. The first-order chi connectivity index (χ1) is 6.77. The standard InChI is InChI=1S/C11H16F2O2/c1-6-4-10(3)7(2)15-9(14)8(10)5-11(6,12)13/h6-8H,4-5H2,1-3H3. The Bertz CT molecular complexity index is 303. The van der Waals surface area contributed by atoms with Crippen LogP contribution >= 0.6 is 0 Å². The quantitative estimate of drug-likeness (QED) is 0.584. The molecule has 1 saturated heterocycles. The molecule has 0 aromatic carbocycles. The van der Waals surface area contributed by atoms with Crippen molar-refractivity contribution >= 4 is 5.97 Å². The molecule has 2 nitrogen and oxygen atoms in total. The first kappa shape index (κ1) is 10.8. The van der Waals surface area contributed by atoms with E-state index in [2.05, 4.69) is 0 Å². The topological polar surface area (TPSA) is 26.3 Å². The summed E-state index contributed by atoms with van der Waals surface area (Å²) in [6, 6.07) is 0. The van der Waals surface area contributed by atoms with E-state index in [4.69, 9.17) is 4.74 Å². The van der Waals surface area contributed by atoms with Crippen LogP contribution in [0.1, 0.15) is 33.6 Å². The number of ether oxygens (including phenoxy) is 1. The number of hydrogen-bond donors (Lipinski definition) is 0. The van der Waals surface area contributed by atoms with Crippen molar-refractivity contribution in [2.45, 2.75) is 45.6 Å². The van der Waals surface area contributed by atoms with Crippen LogP contribution in [-0.2, 0) is 9.53 Å². The molecule has 0 aromatic rings. The molecule has 2 rings (SSSR count). The maximum atomic E-state index is 13.5. The molecular formula is C11H16F2O2. The lowest BCUT2D eigenvalue weighted by Gasteiger charge is -2.42. The Hall–Kier alpha value is -0.670. The molecule has 0 amide bonds. The maximum Gasteiger partial charge on any atom is 0.310 e. The summed E-state index contributed by atoms with van der Waals surface area (Å²) in [7, 11) is 0. The average molecular weight is 218 g/mol. The molecule has 1 aliphatic heterocycles. The van der Waals surface area contributed by atoms with Gasteiger partial charge in [0.25, 0.3) is 5.92 Å². The number of esters is 1. The first-order valence-electron chi connectivity index (χ1n) is 5.35. The zero-order chi connectivity index (χ0) is 11.4. The molecule has 2 aliphatic rings. The fourth-order valence-corrected chi connectivity index (χ4v) is 2.85. The number of rotatable bonds is 0.